The average Bonchev–Trinajstić information content (AvgIpc) is 2.39. The zero-order chi connectivity index (χ0) is 13.0. The largest absolute Gasteiger partial charge is 0.396 e. The number of pyridine rings is 1. The first-order valence-electron chi connectivity index (χ1n) is 6.18. The molecule has 1 saturated carbocycles. The van der Waals surface area contributed by atoms with Crippen molar-refractivity contribution in [1.29, 1.82) is 0 Å². The van der Waals surface area contributed by atoms with Crippen molar-refractivity contribution in [3.05, 3.63) is 28.4 Å². The number of hydrogen-bond acceptors (Lipinski definition) is 5. The van der Waals surface area contributed by atoms with Gasteiger partial charge in [0, 0.05) is 30.8 Å². The van der Waals surface area contributed by atoms with Crippen molar-refractivity contribution < 1.29 is 10.0 Å². The van der Waals surface area contributed by atoms with E-state index in [0.717, 1.165) is 25.7 Å². The zero-order valence-corrected chi connectivity index (χ0v) is 10.1. The van der Waals surface area contributed by atoms with Crippen LogP contribution in [0, 0.1) is 16.0 Å². The van der Waals surface area contributed by atoms with E-state index in [1.807, 2.05) is 0 Å². The van der Waals surface area contributed by atoms with E-state index in [0.29, 0.717) is 5.82 Å². The van der Waals surface area contributed by atoms with Crippen LogP contribution in [0.25, 0.3) is 0 Å². The Morgan fingerprint density at radius 2 is 2.28 bits per heavy atom. The molecular weight excluding hydrogens is 234 g/mol. The first-order chi connectivity index (χ1) is 8.70. The van der Waals surface area contributed by atoms with E-state index in [1.165, 1.54) is 18.3 Å². The summed E-state index contributed by atoms with van der Waals surface area (Å²) in [5.74, 6) is 0.717. The molecular formula is C12H17N3O3. The molecule has 2 unspecified atom stereocenters. The van der Waals surface area contributed by atoms with Crippen molar-refractivity contribution in [3.8, 4) is 0 Å². The highest BCUT2D eigenvalue weighted by molar-refractivity contribution is 5.45. The molecule has 1 aromatic rings. The van der Waals surface area contributed by atoms with E-state index in [2.05, 4.69) is 10.3 Å². The van der Waals surface area contributed by atoms with Crippen LogP contribution in [0.15, 0.2) is 18.3 Å². The molecule has 1 heterocycles. The SMILES string of the molecule is O=[N+]([O-])c1ccnc(NC2CCCCC2CO)c1. The number of nitrogens with zero attached hydrogens (tertiary/aromatic N) is 2. The molecule has 1 fully saturated rings. The topological polar surface area (TPSA) is 88.3 Å². The second kappa shape index (κ2) is 5.77. The van der Waals surface area contributed by atoms with Gasteiger partial charge in [-0.15, -0.1) is 0 Å². The Balaban J connectivity index is 2.07. The molecule has 2 rings (SSSR count). The van der Waals surface area contributed by atoms with E-state index in [9.17, 15) is 15.2 Å². The van der Waals surface area contributed by atoms with Crippen LogP contribution in [0.5, 0.6) is 0 Å². The first-order valence-corrected chi connectivity index (χ1v) is 6.18. The Morgan fingerprint density at radius 1 is 1.50 bits per heavy atom. The average molecular weight is 251 g/mol. The predicted molar refractivity (Wildman–Crippen MR) is 67.3 cm³/mol. The van der Waals surface area contributed by atoms with Gasteiger partial charge in [0.25, 0.3) is 5.69 Å². The summed E-state index contributed by atoms with van der Waals surface area (Å²) in [7, 11) is 0. The standard InChI is InChI=1S/C12H17N3O3/c16-8-9-3-1-2-4-11(9)14-12-7-10(15(17)18)5-6-13-12/h5-7,9,11,16H,1-4,8H2,(H,13,14). The third-order valence-corrected chi connectivity index (χ3v) is 3.43. The molecule has 1 aliphatic rings. The number of anilines is 1. The van der Waals surface area contributed by atoms with Gasteiger partial charge in [0.15, 0.2) is 0 Å². The minimum atomic E-state index is -0.433. The Morgan fingerprint density at radius 3 is 3.00 bits per heavy atom. The van der Waals surface area contributed by atoms with Crippen LogP contribution in [0.2, 0.25) is 0 Å². The van der Waals surface area contributed by atoms with Crippen LogP contribution < -0.4 is 5.32 Å². The van der Waals surface area contributed by atoms with Crippen LogP contribution >= 0.6 is 0 Å². The molecule has 0 bridgehead atoms. The fraction of sp³-hybridized carbons (Fsp3) is 0.583. The Labute approximate surface area is 105 Å². The number of hydrogen-bond donors (Lipinski definition) is 2. The van der Waals surface area contributed by atoms with Crippen molar-refractivity contribution in [2.24, 2.45) is 5.92 Å². The lowest BCUT2D eigenvalue weighted by Gasteiger charge is -2.31. The summed E-state index contributed by atoms with van der Waals surface area (Å²) in [5, 5.41) is 23.2. The molecule has 0 radical (unpaired) electrons. The second-order valence-electron chi connectivity index (χ2n) is 4.63. The van der Waals surface area contributed by atoms with Gasteiger partial charge in [-0.25, -0.2) is 4.98 Å². The van der Waals surface area contributed by atoms with E-state index >= 15 is 0 Å². The normalized spacial score (nSPS) is 23.6. The maximum Gasteiger partial charge on any atom is 0.274 e. The smallest absolute Gasteiger partial charge is 0.274 e. The molecule has 98 valence electrons. The summed E-state index contributed by atoms with van der Waals surface area (Å²) in [6.07, 6.45) is 5.63. The summed E-state index contributed by atoms with van der Waals surface area (Å²) in [5.41, 5.74) is 0.0313. The summed E-state index contributed by atoms with van der Waals surface area (Å²) >= 11 is 0. The summed E-state index contributed by atoms with van der Waals surface area (Å²) in [6.45, 7) is 0.145. The molecule has 2 atom stereocenters. The van der Waals surface area contributed by atoms with Gasteiger partial charge in [-0.2, -0.15) is 0 Å². The van der Waals surface area contributed by atoms with Gasteiger partial charge in [-0.1, -0.05) is 12.8 Å². The van der Waals surface area contributed by atoms with Crippen LogP contribution in [-0.4, -0.2) is 27.7 Å². The fourth-order valence-electron chi connectivity index (χ4n) is 2.42. The minimum absolute atomic E-state index is 0.0313. The van der Waals surface area contributed by atoms with Crippen LogP contribution in [-0.2, 0) is 0 Å². The molecule has 0 aliphatic heterocycles. The molecule has 6 heteroatoms. The molecule has 0 saturated heterocycles. The first kappa shape index (κ1) is 12.8. The van der Waals surface area contributed by atoms with Crippen molar-refractivity contribution in [1.82, 2.24) is 4.98 Å². The van der Waals surface area contributed by atoms with Gasteiger partial charge in [-0.05, 0) is 12.8 Å². The third-order valence-electron chi connectivity index (χ3n) is 3.43. The molecule has 1 aromatic heterocycles. The van der Waals surface area contributed by atoms with Crippen molar-refractivity contribution in [2.45, 2.75) is 31.7 Å². The van der Waals surface area contributed by atoms with E-state index < -0.39 is 4.92 Å². The monoisotopic (exact) mass is 251 g/mol. The highest BCUT2D eigenvalue weighted by atomic mass is 16.6. The summed E-state index contributed by atoms with van der Waals surface area (Å²) in [4.78, 5) is 14.3. The number of aliphatic hydroxyl groups is 1. The number of aliphatic hydroxyl groups excluding tert-OH is 1. The third kappa shape index (κ3) is 2.95. The summed E-state index contributed by atoms with van der Waals surface area (Å²) < 4.78 is 0. The lowest BCUT2D eigenvalue weighted by atomic mass is 9.85. The highest BCUT2D eigenvalue weighted by Crippen LogP contribution is 2.27. The number of aromatic nitrogens is 1. The zero-order valence-electron chi connectivity index (χ0n) is 10.1. The van der Waals surface area contributed by atoms with Crippen LogP contribution in [0.1, 0.15) is 25.7 Å². The lowest BCUT2D eigenvalue weighted by Crippen LogP contribution is -2.34. The minimum Gasteiger partial charge on any atom is -0.396 e. The van der Waals surface area contributed by atoms with Gasteiger partial charge in [0.2, 0.25) is 0 Å². The second-order valence-corrected chi connectivity index (χ2v) is 4.63. The van der Waals surface area contributed by atoms with Crippen molar-refractivity contribution in [3.63, 3.8) is 0 Å². The van der Waals surface area contributed by atoms with Gasteiger partial charge in [0.1, 0.15) is 5.82 Å². The number of nitro groups is 1. The van der Waals surface area contributed by atoms with E-state index in [1.54, 1.807) is 0 Å². The van der Waals surface area contributed by atoms with E-state index in [-0.39, 0.29) is 24.3 Å². The van der Waals surface area contributed by atoms with Gasteiger partial charge < -0.3 is 10.4 Å². The molecule has 18 heavy (non-hydrogen) atoms. The van der Waals surface area contributed by atoms with Gasteiger partial charge >= 0.3 is 0 Å². The van der Waals surface area contributed by atoms with Crippen LogP contribution in [0.3, 0.4) is 0 Å². The maximum atomic E-state index is 10.7. The Bertz CT molecular complexity index is 425. The molecule has 1 aliphatic carbocycles. The fourth-order valence-corrected chi connectivity index (χ4v) is 2.42. The van der Waals surface area contributed by atoms with Crippen molar-refractivity contribution >= 4 is 11.5 Å². The molecule has 0 spiro atoms. The van der Waals surface area contributed by atoms with Crippen molar-refractivity contribution in [2.75, 3.05) is 11.9 Å². The lowest BCUT2D eigenvalue weighted by molar-refractivity contribution is -0.384. The van der Waals surface area contributed by atoms with Crippen LogP contribution in [0.4, 0.5) is 11.5 Å². The number of rotatable bonds is 4. The Hall–Kier alpha value is -1.69. The Kier molecular flexibility index (Phi) is 4.09. The quantitative estimate of drug-likeness (QED) is 0.630. The molecule has 2 N–H and O–H groups in total. The van der Waals surface area contributed by atoms with E-state index in [4.69, 9.17) is 0 Å². The molecule has 6 nitrogen and oxygen atoms in total. The molecule has 0 amide bonds. The highest BCUT2D eigenvalue weighted by Gasteiger charge is 2.24. The molecule has 0 aromatic carbocycles. The van der Waals surface area contributed by atoms with Gasteiger partial charge in [-0.3, -0.25) is 10.1 Å². The van der Waals surface area contributed by atoms with Gasteiger partial charge in [0.05, 0.1) is 11.0 Å². The maximum absolute atomic E-state index is 10.7. The number of nitrogens with one attached hydrogen (secondary N) is 1. The predicted octanol–water partition coefficient (Wildman–Crippen LogP) is 1.95. The summed E-state index contributed by atoms with van der Waals surface area (Å²) in [6, 6.07) is 2.96.